The van der Waals surface area contributed by atoms with E-state index in [0.29, 0.717) is 37.2 Å². The fourth-order valence-electron chi connectivity index (χ4n) is 6.13. The van der Waals surface area contributed by atoms with E-state index in [4.69, 9.17) is 28.0 Å². The number of hydrogen-bond acceptors (Lipinski definition) is 10. The zero-order valence-electron chi connectivity index (χ0n) is 25.5. The molecule has 3 fully saturated rings. The summed E-state index contributed by atoms with van der Waals surface area (Å²) in [4.78, 5) is 2.32. The van der Waals surface area contributed by atoms with Gasteiger partial charge in [-0.05, 0) is 87.5 Å². The molecule has 0 radical (unpaired) electrons. The van der Waals surface area contributed by atoms with E-state index in [1.807, 2.05) is 25.1 Å². The maximum Gasteiger partial charge on any atom is 0.294 e. The summed E-state index contributed by atoms with van der Waals surface area (Å²) < 4.78 is 58.6. The van der Waals surface area contributed by atoms with Crippen molar-refractivity contribution in [2.75, 3.05) is 46.6 Å². The van der Waals surface area contributed by atoms with E-state index in [0.717, 1.165) is 81.3 Å². The molecular weight excluding hydrogens is 588 g/mol. The van der Waals surface area contributed by atoms with Gasteiger partial charge in [0.05, 0.1) is 23.2 Å². The first-order chi connectivity index (χ1) is 21.1. The lowest BCUT2D eigenvalue weighted by Crippen LogP contribution is -2.49. The summed E-state index contributed by atoms with van der Waals surface area (Å²) in [5.41, 5.74) is 1.03. The second-order valence-electron chi connectivity index (χ2n) is 12.1. The Morgan fingerprint density at radius 3 is 2.41 bits per heavy atom. The van der Waals surface area contributed by atoms with Crippen LogP contribution in [0.25, 0.3) is 11.0 Å². The quantitative estimate of drug-likeness (QED) is 0.319. The number of methoxy groups -OCH3 is 1. The van der Waals surface area contributed by atoms with E-state index in [2.05, 4.69) is 10.1 Å². The highest BCUT2D eigenvalue weighted by molar-refractivity contribution is 7.85. The largest absolute Gasteiger partial charge is 0.487 e. The molecule has 6 rings (SSSR count). The molecule has 3 heterocycles. The third-order valence-electron chi connectivity index (χ3n) is 8.82. The number of benzene rings is 2. The monoisotopic (exact) mass is 632 g/mol. The number of aryl methyl sites for hydroxylation is 1. The Labute approximate surface area is 259 Å². The first-order valence-corrected chi connectivity index (χ1v) is 16.8. The van der Waals surface area contributed by atoms with Gasteiger partial charge in [0.25, 0.3) is 16.0 Å². The van der Waals surface area contributed by atoms with Gasteiger partial charge in [0.1, 0.15) is 17.2 Å². The van der Waals surface area contributed by atoms with Crippen molar-refractivity contribution >= 4 is 21.1 Å². The van der Waals surface area contributed by atoms with Gasteiger partial charge >= 0.3 is 0 Å². The molecule has 12 heteroatoms. The molecule has 242 valence electrons. The number of ether oxygens (including phenoxy) is 4. The van der Waals surface area contributed by atoms with E-state index >= 15 is 0 Å². The van der Waals surface area contributed by atoms with E-state index in [1.54, 1.807) is 19.2 Å². The molecule has 1 saturated carbocycles. The lowest BCUT2D eigenvalue weighted by Gasteiger charge is -2.39. The van der Waals surface area contributed by atoms with Crippen molar-refractivity contribution in [3.8, 4) is 11.6 Å². The van der Waals surface area contributed by atoms with Crippen molar-refractivity contribution in [1.82, 2.24) is 10.1 Å². The summed E-state index contributed by atoms with van der Waals surface area (Å²) in [5.74, 6) is 1.71. The first kappa shape index (κ1) is 32.6. The Kier molecular flexibility index (Phi) is 10.8. The van der Waals surface area contributed by atoms with Gasteiger partial charge in [-0.1, -0.05) is 23.8 Å². The van der Waals surface area contributed by atoms with Gasteiger partial charge in [0.2, 0.25) is 0 Å². The number of aliphatic hydroxyl groups is 1. The average Bonchev–Trinajstić information content (AvgIpc) is 3.64. The second kappa shape index (κ2) is 14.6. The Morgan fingerprint density at radius 1 is 1.02 bits per heavy atom. The topological polar surface area (TPSA) is 141 Å². The lowest BCUT2D eigenvalue weighted by atomic mass is 9.91. The zero-order valence-corrected chi connectivity index (χ0v) is 26.3. The van der Waals surface area contributed by atoms with Gasteiger partial charge in [-0.15, -0.1) is 0 Å². The molecule has 2 saturated heterocycles. The normalized spacial score (nSPS) is 22.8. The third-order valence-corrected chi connectivity index (χ3v) is 9.69. The van der Waals surface area contributed by atoms with Crippen LogP contribution in [0.15, 0.2) is 51.9 Å². The van der Waals surface area contributed by atoms with Gasteiger partial charge in [-0.25, -0.2) is 0 Å². The Balaban J connectivity index is 0.000000296. The molecule has 3 aromatic rings. The van der Waals surface area contributed by atoms with Gasteiger partial charge in [-0.2, -0.15) is 8.42 Å². The van der Waals surface area contributed by atoms with Crippen LogP contribution in [-0.2, 0) is 19.6 Å². The first-order valence-electron chi connectivity index (χ1n) is 15.4. The third kappa shape index (κ3) is 8.49. The van der Waals surface area contributed by atoms with Crippen LogP contribution in [0.3, 0.4) is 0 Å². The summed E-state index contributed by atoms with van der Waals surface area (Å²) in [7, 11) is -2.27. The summed E-state index contributed by atoms with van der Waals surface area (Å²) >= 11 is 0. The average molecular weight is 633 g/mol. The molecule has 3 aliphatic rings. The highest BCUT2D eigenvalue weighted by Crippen LogP contribution is 2.37. The molecule has 2 N–H and O–H groups in total. The lowest BCUT2D eigenvalue weighted by molar-refractivity contribution is -0.0834. The smallest absolute Gasteiger partial charge is 0.294 e. The minimum Gasteiger partial charge on any atom is -0.487 e. The molecule has 2 atom stereocenters. The molecule has 11 nitrogen and oxygen atoms in total. The van der Waals surface area contributed by atoms with E-state index in [-0.39, 0.29) is 17.1 Å². The Bertz CT molecular complexity index is 1450. The van der Waals surface area contributed by atoms with Gasteiger partial charge in [0, 0.05) is 39.7 Å². The fourth-order valence-corrected chi connectivity index (χ4v) is 6.61. The van der Waals surface area contributed by atoms with Crippen molar-refractivity contribution in [1.29, 1.82) is 0 Å². The standard InChI is InChI=1S/C25H36N2O6.C7H8O3S/c1-29-19-4-2-5-20(19)32-21-6-3-7-22-23(21)24(26-33-22)31-16-18-8-12-27(13-9-18)17-25(28)10-14-30-15-11-25;1-6-2-4-7(5-3-6)11(8,9)10/h3,6-7,18-20,28H,2,4-5,8-17H2,1H3;2-5H,1H3,(H,8,9,10)/t19-,20-;/m0./s1. The zero-order chi connectivity index (χ0) is 31.2. The SMILES string of the molecule is CO[C@H]1CCC[C@@H]1Oc1cccc2onc(OCC3CCN(CC4(O)CCOCC4)CC3)c12.Cc1ccc(S(=O)(=O)O)cc1. The molecule has 0 unspecified atom stereocenters. The van der Waals surface area contributed by atoms with Crippen LogP contribution in [0, 0.1) is 12.8 Å². The predicted molar refractivity (Wildman–Crippen MR) is 164 cm³/mol. The highest BCUT2D eigenvalue weighted by atomic mass is 32.2. The summed E-state index contributed by atoms with van der Waals surface area (Å²) in [6.07, 6.45) is 6.82. The van der Waals surface area contributed by atoms with Crippen molar-refractivity contribution in [2.24, 2.45) is 5.92 Å². The minimum atomic E-state index is -4.02. The van der Waals surface area contributed by atoms with Gasteiger partial charge in [-0.3, -0.25) is 4.55 Å². The van der Waals surface area contributed by atoms with Gasteiger partial charge < -0.3 is 33.5 Å². The molecule has 0 spiro atoms. The van der Waals surface area contributed by atoms with Crippen LogP contribution in [0.1, 0.15) is 50.5 Å². The molecule has 0 bridgehead atoms. The van der Waals surface area contributed by atoms with Crippen LogP contribution < -0.4 is 9.47 Å². The number of likely N-dealkylation sites (tertiary alicyclic amines) is 1. The molecule has 0 amide bonds. The van der Waals surface area contributed by atoms with Crippen LogP contribution in [0.5, 0.6) is 11.6 Å². The predicted octanol–water partition coefficient (Wildman–Crippen LogP) is 4.65. The van der Waals surface area contributed by atoms with Crippen molar-refractivity contribution in [2.45, 2.75) is 74.6 Å². The van der Waals surface area contributed by atoms with Crippen LogP contribution >= 0.6 is 0 Å². The number of hydrogen-bond donors (Lipinski definition) is 2. The minimum absolute atomic E-state index is 0.0400. The maximum atomic E-state index is 10.8. The van der Waals surface area contributed by atoms with E-state index in [9.17, 15) is 13.5 Å². The van der Waals surface area contributed by atoms with Crippen molar-refractivity contribution in [3.05, 3.63) is 48.0 Å². The Morgan fingerprint density at radius 2 is 1.73 bits per heavy atom. The fraction of sp³-hybridized carbons (Fsp3) is 0.594. The van der Waals surface area contributed by atoms with Crippen molar-refractivity contribution in [3.63, 3.8) is 0 Å². The van der Waals surface area contributed by atoms with Gasteiger partial charge in [0.15, 0.2) is 5.58 Å². The number of nitrogens with zero attached hydrogens (tertiary/aromatic N) is 2. The summed E-state index contributed by atoms with van der Waals surface area (Å²) in [6.45, 7) is 6.45. The number of aromatic nitrogens is 1. The molecule has 1 aliphatic carbocycles. The Hall–Kier alpha value is -2.74. The van der Waals surface area contributed by atoms with Crippen LogP contribution in [0.2, 0.25) is 0 Å². The van der Waals surface area contributed by atoms with E-state index in [1.165, 1.54) is 12.1 Å². The molecule has 2 aliphatic heterocycles. The molecule has 2 aromatic carbocycles. The highest BCUT2D eigenvalue weighted by Gasteiger charge is 2.34. The van der Waals surface area contributed by atoms with Crippen LogP contribution in [0.4, 0.5) is 0 Å². The summed E-state index contributed by atoms with van der Waals surface area (Å²) in [5, 5.41) is 15.8. The second-order valence-corrected chi connectivity index (χ2v) is 13.6. The molecule has 1 aromatic heterocycles. The maximum absolute atomic E-state index is 10.8. The van der Waals surface area contributed by atoms with E-state index < -0.39 is 15.7 Å². The van der Waals surface area contributed by atoms with Crippen molar-refractivity contribution < 1.29 is 41.5 Å². The molecular formula is C32H44N2O9S. The number of β-amino-alcohol motifs (C(OH)–C–C–N with tert-alkyl or cyclic N) is 1. The summed E-state index contributed by atoms with van der Waals surface area (Å²) in [6, 6.07) is 11.8. The molecule has 44 heavy (non-hydrogen) atoms. The number of rotatable bonds is 9. The number of fused-ring (bicyclic) bond motifs is 1. The number of piperidine rings is 1. The van der Waals surface area contributed by atoms with Crippen LogP contribution in [-0.4, -0.2) is 92.5 Å².